The molecule has 1 unspecified atom stereocenters. The number of aliphatic hydroxyl groups is 1. The Kier molecular flexibility index (Phi) is 3.29. The van der Waals surface area contributed by atoms with Crippen LogP contribution >= 0.6 is 0 Å². The van der Waals surface area contributed by atoms with E-state index in [-0.39, 0.29) is 5.89 Å². The van der Waals surface area contributed by atoms with E-state index in [1.165, 1.54) is 0 Å². The SMILES string of the molecule is C[C@@H](O)[C@H](N)c1nc(C2COc3ccccc3O2)no1. The highest BCUT2D eigenvalue weighted by atomic mass is 16.6. The van der Waals surface area contributed by atoms with E-state index in [1.807, 2.05) is 24.3 Å². The van der Waals surface area contributed by atoms with Gasteiger partial charge < -0.3 is 24.8 Å². The predicted molar refractivity (Wildman–Crippen MR) is 68.2 cm³/mol. The van der Waals surface area contributed by atoms with Gasteiger partial charge in [0.05, 0.1) is 6.10 Å². The monoisotopic (exact) mass is 277 g/mol. The van der Waals surface area contributed by atoms with Crippen molar-refractivity contribution in [2.75, 3.05) is 6.61 Å². The first kappa shape index (κ1) is 12.9. The Morgan fingerprint density at radius 1 is 1.35 bits per heavy atom. The second kappa shape index (κ2) is 5.10. The molecule has 0 aliphatic carbocycles. The lowest BCUT2D eigenvalue weighted by Gasteiger charge is -2.24. The molecule has 3 atom stereocenters. The van der Waals surface area contributed by atoms with Crippen LogP contribution in [0, 0.1) is 0 Å². The molecule has 0 saturated heterocycles. The summed E-state index contributed by atoms with van der Waals surface area (Å²) in [5.41, 5.74) is 5.74. The van der Waals surface area contributed by atoms with E-state index in [0.717, 1.165) is 0 Å². The normalized spacial score (nSPS) is 20.4. The Balaban J connectivity index is 1.78. The van der Waals surface area contributed by atoms with Crippen molar-refractivity contribution in [2.45, 2.75) is 25.2 Å². The van der Waals surface area contributed by atoms with Gasteiger partial charge in [0.25, 0.3) is 0 Å². The highest BCUT2D eigenvalue weighted by Crippen LogP contribution is 2.35. The van der Waals surface area contributed by atoms with Gasteiger partial charge in [-0.05, 0) is 19.1 Å². The Labute approximate surface area is 115 Å². The molecule has 0 amide bonds. The first-order valence-electron chi connectivity index (χ1n) is 6.31. The number of nitrogens with two attached hydrogens (primary N) is 1. The molecule has 0 bridgehead atoms. The molecule has 0 radical (unpaired) electrons. The zero-order valence-electron chi connectivity index (χ0n) is 10.9. The summed E-state index contributed by atoms with van der Waals surface area (Å²) in [6, 6.07) is 6.65. The van der Waals surface area contributed by atoms with E-state index >= 15 is 0 Å². The van der Waals surface area contributed by atoms with Gasteiger partial charge in [0.1, 0.15) is 12.6 Å². The van der Waals surface area contributed by atoms with Crippen molar-refractivity contribution >= 4 is 0 Å². The number of aliphatic hydroxyl groups excluding tert-OH is 1. The molecule has 2 aromatic rings. The smallest absolute Gasteiger partial charge is 0.246 e. The number of rotatable bonds is 3. The second-order valence-corrected chi connectivity index (χ2v) is 4.62. The van der Waals surface area contributed by atoms with Gasteiger partial charge in [-0.2, -0.15) is 4.98 Å². The number of para-hydroxylation sites is 2. The third-order valence-corrected chi connectivity index (χ3v) is 3.06. The summed E-state index contributed by atoms with van der Waals surface area (Å²) in [6.07, 6.45) is -1.23. The third-order valence-electron chi connectivity index (χ3n) is 3.06. The molecule has 7 heteroatoms. The Morgan fingerprint density at radius 2 is 2.10 bits per heavy atom. The van der Waals surface area contributed by atoms with Crippen LogP contribution in [0.3, 0.4) is 0 Å². The molecule has 106 valence electrons. The number of ether oxygens (including phenoxy) is 2. The molecule has 1 aromatic heterocycles. The minimum Gasteiger partial charge on any atom is -0.485 e. The molecular weight excluding hydrogens is 262 g/mol. The third kappa shape index (κ3) is 2.33. The Bertz CT molecular complexity index is 599. The van der Waals surface area contributed by atoms with Crippen LogP contribution in [0.15, 0.2) is 28.8 Å². The van der Waals surface area contributed by atoms with E-state index in [4.69, 9.17) is 19.7 Å². The number of nitrogens with zero attached hydrogens (tertiary/aromatic N) is 2. The lowest BCUT2D eigenvalue weighted by Crippen LogP contribution is -2.24. The van der Waals surface area contributed by atoms with Crippen LogP contribution in [0.5, 0.6) is 11.5 Å². The molecular formula is C13H15N3O4. The van der Waals surface area contributed by atoms with Crippen molar-refractivity contribution in [3.8, 4) is 11.5 Å². The van der Waals surface area contributed by atoms with Crippen LogP contribution < -0.4 is 15.2 Å². The summed E-state index contributed by atoms with van der Waals surface area (Å²) in [5.74, 6) is 1.85. The standard InChI is InChI=1S/C13H15N3O4/c1-7(17)11(14)13-15-12(16-20-13)10-6-18-8-4-2-3-5-9(8)19-10/h2-5,7,10-11,17H,6,14H2,1H3/t7-,10?,11+/m1/s1. The molecule has 7 nitrogen and oxygen atoms in total. The van der Waals surface area contributed by atoms with Crippen molar-refractivity contribution in [1.29, 1.82) is 0 Å². The first-order valence-corrected chi connectivity index (χ1v) is 6.31. The summed E-state index contributed by atoms with van der Waals surface area (Å²) < 4.78 is 16.4. The summed E-state index contributed by atoms with van der Waals surface area (Å²) in [7, 11) is 0. The van der Waals surface area contributed by atoms with E-state index in [2.05, 4.69) is 10.1 Å². The zero-order valence-corrected chi connectivity index (χ0v) is 10.9. The molecule has 1 aliphatic rings. The molecule has 20 heavy (non-hydrogen) atoms. The van der Waals surface area contributed by atoms with Crippen molar-refractivity contribution in [1.82, 2.24) is 10.1 Å². The summed E-state index contributed by atoms with van der Waals surface area (Å²) in [5, 5.41) is 13.2. The van der Waals surface area contributed by atoms with Crippen molar-refractivity contribution in [3.63, 3.8) is 0 Å². The van der Waals surface area contributed by atoms with Crippen LogP contribution in [0.25, 0.3) is 0 Å². The van der Waals surface area contributed by atoms with E-state index in [0.29, 0.717) is 23.9 Å². The number of aromatic nitrogens is 2. The first-order chi connectivity index (χ1) is 9.65. The molecule has 1 aromatic carbocycles. The molecule has 2 heterocycles. The fourth-order valence-electron chi connectivity index (χ4n) is 1.87. The Morgan fingerprint density at radius 3 is 2.85 bits per heavy atom. The largest absolute Gasteiger partial charge is 0.485 e. The highest BCUT2D eigenvalue weighted by Gasteiger charge is 2.28. The van der Waals surface area contributed by atoms with Crippen LogP contribution in [0.4, 0.5) is 0 Å². The molecule has 3 N–H and O–H groups in total. The highest BCUT2D eigenvalue weighted by molar-refractivity contribution is 5.40. The average molecular weight is 277 g/mol. The van der Waals surface area contributed by atoms with Gasteiger partial charge >= 0.3 is 0 Å². The molecule has 0 fully saturated rings. The molecule has 3 rings (SSSR count). The topological polar surface area (TPSA) is 104 Å². The lowest BCUT2D eigenvalue weighted by molar-refractivity contribution is 0.0832. The molecule has 1 aliphatic heterocycles. The van der Waals surface area contributed by atoms with Gasteiger partial charge in [-0.3, -0.25) is 0 Å². The van der Waals surface area contributed by atoms with Gasteiger partial charge in [0.2, 0.25) is 11.7 Å². The van der Waals surface area contributed by atoms with Crippen molar-refractivity contribution < 1.29 is 19.1 Å². The average Bonchev–Trinajstić information content (AvgIpc) is 2.95. The maximum atomic E-state index is 9.42. The summed E-state index contributed by atoms with van der Waals surface area (Å²) in [6.45, 7) is 1.85. The van der Waals surface area contributed by atoms with Crippen LogP contribution in [0.1, 0.15) is 30.8 Å². The fraction of sp³-hybridized carbons (Fsp3) is 0.385. The number of benzene rings is 1. The fourth-order valence-corrected chi connectivity index (χ4v) is 1.87. The summed E-state index contributed by atoms with van der Waals surface area (Å²) in [4.78, 5) is 4.16. The van der Waals surface area contributed by atoms with Crippen LogP contribution in [-0.2, 0) is 0 Å². The van der Waals surface area contributed by atoms with Gasteiger partial charge in [0, 0.05) is 0 Å². The molecule has 0 spiro atoms. The number of hydrogen-bond acceptors (Lipinski definition) is 7. The van der Waals surface area contributed by atoms with E-state index in [9.17, 15) is 5.11 Å². The quantitative estimate of drug-likeness (QED) is 0.861. The minimum absolute atomic E-state index is 0.178. The van der Waals surface area contributed by atoms with Crippen molar-refractivity contribution in [2.24, 2.45) is 5.73 Å². The van der Waals surface area contributed by atoms with E-state index in [1.54, 1.807) is 6.92 Å². The van der Waals surface area contributed by atoms with Gasteiger partial charge in [-0.15, -0.1) is 0 Å². The summed E-state index contributed by atoms with van der Waals surface area (Å²) >= 11 is 0. The van der Waals surface area contributed by atoms with Crippen molar-refractivity contribution in [3.05, 3.63) is 36.0 Å². The number of fused-ring (bicyclic) bond motifs is 1. The van der Waals surface area contributed by atoms with Gasteiger partial charge in [0.15, 0.2) is 17.6 Å². The maximum Gasteiger partial charge on any atom is 0.246 e. The zero-order chi connectivity index (χ0) is 14.1. The van der Waals surface area contributed by atoms with Crippen LogP contribution in [0.2, 0.25) is 0 Å². The Hall–Kier alpha value is -2.12. The maximum absolute atomic E-state index is 9.42. The minimum atomic E-state index is -0.771. The predicted octanol–water partition coefficient (Wildman–Crippen LogP) is 0.963. The second-order valence-electron chi connectivity index (χ2n) is 4.62. The number of hydrogen-bond donors (Lipinski definition) is 2. The molecule has 0 saturated carbocycles. The lowest BCUT2D eigenvalue weighted by atomic mass is 10.2. The van der Waals surface area contributed by atoms with Gasteiger partial charge in [-0.25, -0.2) is 0 Å². The van der Waals surface area contributed by atoms with Gasteiger partial charge in [-0.1, -0.05) is 17.3 Å². The van der Waals surface area contributed by atoms with E-state index < -0.39 is 18.2 Å². The van der Waals surface area contributed by atoms with Crippen LogP contribution in [-0.4, -0.2) is 28.0 Å².